The van der Waals surface area contributed by atoms with Gasteiger partial charge in [0.2, 0.25) is 29.5 Å². The number of amides is 3. The molecule has 0 unspecified atom stereocenters. The topological polar surface area (TPSA) is 133 Å². The fourth-order valence-corrected chi connectivity index (χ4v) is 7.36. The lowest BCUT2D eigenvalue weighted by Crippen LogP contribution is -2.45. The second kappa shape index (κ2) is 16.3. The third kappa shape index (κ3) is 8.14. The van der Waals surface area contributed by atoms with Gasteiger partial charge in [-0.2, -0.15) is 0 Å². The zero-order valence-corrected chi connectivity index (χ0v) is 30.0. The number of fused-ring (bicyclic) bond motifs is 2. The van der Waals surface area contributed by atoms with Crippen LogP contribution < -0.4 is 25.8 Å². The van der Waals surface area contributed by atoms with Crippen molar-refractivity contribution in [2.45, 2.75) is 103 Å². The number of hydrogen-bond acceptors (Lipinski definition) is 8. The van der Waals surface area contributed by atoms with Crippen LogP contribution in [-0.4, -0.2) is 46.5 Å². The lowest BCUT2D eigenvalue weighted by molar-refractivity contribution is -0.121. The average Bonchev–Trinajstić information content (AvgIpc) is 3.63. The number of nitrogens with zero attached hydrogens (tertiary/aromatic N) is 4. The molecule has 4 atom stereocenters. The first-order valence-corrected chi connectivity index (χ1v) is 18.3. The minimum atomic E-state index is -0.0590. The van der Waals surface area contributed by atoms with Crippen LogP contribution in [0.3, 0.4) is 0 Å². The van der Waals surface area contributed by atoms with Crippen molar-refractivity contribution in [3.8, 4) is 11.5 Å². The van der Waals surface area contributed by atoms with Crippen molar-refractivity contribution < 1.29 is 18.8 Å². The molecule has 4 aromatic rings. The maximum Gasteiger partial charge on any atom is 0.247 e. The molecule has 6 rings (SSSR count). The van der Waals surface area contributed by atoms with Gasteiger partial charge in [-0.3, -0.25) is 14.4 Å². The molecule has 0 fully saturated rings. The summed E-state index contributed by atoms with van der Waals surface area (Å²) in [5.41, 5.74) is 5.97. The summed E-state index contributed by atoms with van der Waals surface area (Å²) in [6.07, 6.45) is 4.63. The SMILES string of the molecule is CCC(=O)N1c2ccccc2[C@H](NCCCCC(=O)NCc2nnc(-c3ccc(N[C@@H]4C[C@H](C)N(C(=O)CC)c5ccccc54)cc3)o2)C[C@@H]1C. The molecule has 0 saturated heterocycles. The summed E-state index contributed by atoms with van der Waals surface area (Å²) < 4.78 is 5.86. The fraction of sp³-hybridized carbons (Fsp3) is 0.425. The van der Waals surface area contributed by atoms with Crippen LogP contribution in [0.15, 0.2) is 77.2 Å². The number of aromatic nitrogens is 2. The van der Waals surface area contributed by atoms with Crippen molar-refractivity contribution in [2.75, 3.05) is 21.7 Å². The number of carbonyl (C=O) groups is 3. The predicted molar refractivity (Wildman–Crippen MR) is 199 cm³/mol. The number of carbonyl (C=O) groups excluding carboxylic acids is 3. The quantitative estimate of drug-likeness (QED) is 0.127. The Morgan fingerprint density at radius 3 is 1.98 bits per heavy atom. The van der Waals surface area contributed by atoms with Crippen LogP contribution in [0, 0.1) is 0 Å². The molecule has 268 valence electrons. The molecule has 0 bridgehead atoms. The van der Waals surface area contributed by atoms with Crippen LogP contribution in [0.1, 0.15) is 102 Å². The number of para-hydroxylation sites is 2. The predicted octanol–water partition coefficient (Wildman–Crippen LogP) is 7.08. The molecule has 0 radical (unpaired) electrons. The number of unbranched alkanes of at least 4 members (excludes halogenated alkanes) is 1. The summed E-state index contributed by atoms with van der Waals surface area (Å²) in [4.78, 5) is 41.7. The molecule has 0 aliphatic carbocycles. The second-order valence-electron chi connectivity index (χ2n) is 13.5. The van der Waals surface area contributed by atoms with Crippen molar-refractivity contribution in [3.63, 3.8) is 0 Å². The van der Waals surface area contributed by atoms with Gasteiger partial charge < -0.3 is 30.2 Å². The molecule has 2 aliphatic heterocycles. The Kier molecular flexibility index (Phi) is 11.5. The molecule has 0 saturated carbocycles. The Bertz CT molecular complexity index is 1820. The zero-order chi connectivity index (χ0) is 35.9. The molecule has 11 nitrogen and oxygen atoms in total. The highest BCUT2D eigenvalue weighted by atomic mass is 16.4. The van der Waals surface area contributed by atoms with Crippen LogP contribution in [0.4, 0.5) is 17.1 Å². The molecule has 11 heteroatoms. The van der Waals surface area contributed by atoms with Gasteiger partial charge in [0.05, 0.1) is 12.6 Å². The van der Waals surface area contributed by atoms with Gasteiger partial charge in [0.15, 0.2) is 0 Å². The minimum absolute atomic E-state index is 0.0590. The van der Waals surface area contributed by atoms with Crippen molar-refractivity contribution in [3.05, 3.63) is 89.8 Å². The van der Waals surface area contributed by atoms with Crippen LogP contribution in [0.25, 0.3) is 11.5 Å². The number of hydrogen-bond donors (Lipinski definition) is 3. The normalized spacial score (nSPS) is 19.6. The smallest absolute Gasteiger partial charge is 0.247 e. The van der Waals surface area contributed by atoms with Gasteiger partial charge in [-0.05, 0) is 93.6 Å². The summed E-state index contributed by atoms with van der Waals surface area (Å²) in [5.74, 6) is 0.966. The third-order valence-electron chi connectivity index (χ3n) is 9.92. The second-order valence-corrected chi connectivity index (χ2v) is 13.5. The fourth-order valence-electron chi connectivity index (χ4n) is 7.36. The highest BCUT2D eigenvalue weighted by Gasteiger charge is 2.34. The Morgan fingerprint density at radius 2 is 1.35 bits per heavy atom. The van der Waals surface area contributed by atoms with Crippen LogP contribution in [0.5, 0.6) is 0 Å². The number of anilines is 3. The molecule has 3 heterocycles. The maximum atomic E-state index is 12.7. The molecule has 51 heavy (non-hydrogen) atoms. The van der Waals surface area contributed by atoms with Gasteiger partial charge in [-0.15, -0.1) is 10.2 Å². The van der Waals surface area contributed by atoms with E-state index in [1.54, 1.807) is 0 Å². The highest BCUT2D eigenvalue weighted by molar-refractivity contribution is 5.96. The first-order chi connectivity index (χ1) is 24.8. The lowest BCUT2D eigenvalue weighted by Gasteiger charge is -2.40. The van der Waals surface area contributed by atoms with E-state index < -0.39 is 0 Å². The van der Waals surface area contributed by atoms with E-state index in [1.807, 2.05) is 84.3 Å². The van der Waals surface area contributed by atoms with E-state index in [-0.39, 0.29) is 48.4 Å². The maximum absolute atomic E-state index is 12.7. The molecule has 3 aromatic carbocycles. The Hall–Kier alpha value is -5.03. The Balaban J connectivity index is 0.943. The first-order valence-electron chi connectivity index (χ1n) is 18.3. The summed E-state index contributed by atoms with van der Waals surface area (Å²) >= 11 is 0. The van der Waals surface area contributed by atoms with Crippen LogP contribution in [0.2, 0.25) is 0 Å². The van der Waals surface area contributed by atoms with E-state index in [2.05, 4.69) is 52.1 Å². The van der Waals surface area contributed by atoms with E-state index in [9.17, 15) is 14.4 Å². The summed E-state index contributed by atoms with van der Waals surface area (Å²) in [7, 11) is 0. The van der Waals surface area contributed by atoms with E-state index in [4.69, 9.17) is 4.42 Å². The summed E-state index contributed by atoms with van der Waals surface area (Å²) in [5, 5.41) is 18.5. The molecule has 3 N–H and O–H groups in total. The molecule has 2 aliphatic rings. The average molecular weight is 692 g/mol. The first kappa shape index (κ1) is 35.8. The number of benzene rings is 3. The van der Waals surface area contributed by atoms with E-state index in [0.717, 1.165) is 66.0 Å². The molecular weight excluding hydrogens is 642 g/mol. The largest absolute Gasteiger partial charge is 0.419 e. The van der Waals surface area contributed by atoms with Crippen molar-refractivity contribution in [1.29, 1.82) is 0 Å². The molecule has 0 spiro atoms. The molecular formula is C40H49N7O4. The Morgan fingerprint density at radius 1 is 0.765 bits per heavy atom. The van der Waals surface area contributed by atoms with Gasteiger partial charge in [0, 0.05) is 60.0 Å². The summed E-state index contributed by atoms with van der Waals surface area (Å²) in [6, 6.07) is 24.5. The van der Waals surface area contributed by atoms with Crippen LogP contribution >= 0.6 is 0 Å². The number of nitrogens with one attached hydrogen (secondary N) is 3. The van der Waals surface area contributed by atoms with Crippen molar-refractivity contribution in [2.24, 2.45) is 0 Å². The summed E-state index contributed by atoms with van der Waals surface area (Å²) in [6.45, 7) is 8.96. The van der Waals surface area contributed by atoms with E-state index in [1.165, 1.54) is 0 Å². The molecule has 3 amide bonds. The van der Waals surface area contributed by atoms with Crippen LogP contribution in [-0.2, 0) is 20.9 Å². The zero-order valence-electron chi connectivity index (χ0n) is 30.0. The third-order valence-corrected chi connectivity index (χ3v) is 9.92. The van der Waals surface area contributed by atoms with Gasteiger partial charge >= 0.3 is 0 Å². The van der Waals surface area contributed by atoms with Gasteiger partial charge in [0.1, 0.15) is 0 Å². The number of rotatable bonds is 13. The minimum Gasteiger partial charge on any atom is -0.419 e. The molecule has 1 aromatic heterocycles. The Labute approximate surface area is 300 Å². The van der Waals surface area contributed by atoms with Gasteiger partial charge in [-0.1, -0.05) is 50.2 Å². The van der Waals surface area contributed by atoms with E-state index >= 15 is 0 Å². The van der Waals surface area contributed by atoms with Crippen molar-refractivity contribution in [1.82, 2.24) is 20.8 Å². The lowest BCUT2D eigenvalue weighted by atomic mass is 9.91. The highest BCUT2D eigenvalue weighted by Crippen LogP contribution is 2.40. The van der Waals surface area contributed by atoms with Gasteiger partial charge in [-0.25, -0.2) is 0 Å². The monoisotopic (exact) mass is 691 g/mol. The standard InChI is InChI=1S/C40H49N7O4/c1-5-38(49)46-26(3)23-32(30-13-7-9-15-34(30)46)41-22-12-11-17-36(48)42-25-37-44-45-40(51-37)28-18-20-29(21-19-28)43-33-24-27(4)47(39(50)6-2)35-16-10-8-14-31(33)35/h7-10,13-16,18-21,26-27,32-33,41,43H,5-6,11-12,17,22-25H2,1-4H3,(H,42,48)/t26-,27-,32+,33+/m0/s1. The van der Waals surface area contributed by atoms with Crippen molar-refractivity contribution >= 4 is 34.8 Å². The van der Waals surface area contributed by atoms with Gasteiger partial charge in [0.25, 0.3) is 0 Å². The van der Waals surface area contributed by atoms with E-state index in [0.29, 0.717) is 31.0 Å².